The minimum Gasteiger partial charge on any atom is -0.436 e. The first-order chi connectivity index (χ1) is 8.56. The molecule has 0 aliphatic heterocycles. The molecule has 2 unspecified atom stereocenters. The van der Waals surface area contributed by atoms with E-state index in [9.17, 15) is 9.90 Å². The standard InChI is InChI=1S/C13H20N2O3/c1-8-12(18-9(2)15-8)13(17)14-7-10-4-3-5-11(16)6-10/h10-11,16H,3-7H2,1-2H3,(H,14,17). The Labute approximate surface area is 107 Å². The zero-order chi connectivity index (χ0) is 13.1. The van der Waals surface area contributed by atoms with Crippen LogP contribution in [0, 0.1) is 19.8 Å². The SMILES string of the molecule is Cc1nc(C)c(C(=O)NCC2CCCC(O)C2)o1. The van der Waals surface area contributed by atoms with E-state index in [1.54, 1.807) is 13.8 Å². The maximum Gasteiger partial charge on any atom is 0.289 e. The van der Waals surface area contributed by atoms with E-state index in [0.29, 0.717) is 29.8 Å². The number of oxazole rings is 1. The van der Waals surface area contributed by atoms with Crippen LogP contribution in [-0.4, -0.2) is 28.6 Å². The van der Waals surface area contributed by atoms with Gasteiger partial charge in [0.25, 0.3) is 5.91 Å². The average Bonchev–Trinajstić information content (AvgIpc) is 2.66. The molecule has 100 valence electrons. The van der Waals surface area contributed by atoms with Gasteiger partial charge >= 0.3 is 0 Å². The Hall–Kier alpha value is -1.36. The number of nitrogens with zero attached hydrogens (tertiary/aromatic N) is 1. The lowest BCUT2D eigenvalue weighted by Gasteiger charge is -2.25. The molecule has 0 bridgehead atoms. The molecule has 1 aromatic heterocycles. The molecule has 5 heteroatoms. The Kier molecular flexibility index (Phi) is 4.01. The number of carbonyl (C=O) groups excluding carboxylic acids is 1. The summed E-state index contributed by atoms with van der Waals surface area (Å²) in [4.78, 5) is 16.0. The largest absolute Gasteiger partial charge is 0.436 e. The van der Waals surface area contributed by atoms with E-state index >= 15 is 0 Å². The van der Waals surface area contributed by atoms with E-state index in [-0.39, 0.29) is 12.0 Å². The van der Waals surface area contributed by atoms with Crippen molar-refractivity contribution in [1.82, 2.24) is 10.3 Å². The van der Waals surface area contributed by atoms with Crippen LogP contribution in [0.3, 0.4) is 0 Å². The predicted octanol–water partition coefficient (Wildman–Crippen LogP) is 1.57. The number of carbonyl (C=O) groups is 1. The number of rotatable bonds is 3. The number of aromatic nitrogens is 1. The molecule has 1 heterocycles. The number of nitrogens with one attached hydrogen (secondary N) is 1. The third-order valence-electron chi connectivity index (χ3n) is 3.42. The topological polar surface area (TPSA) is 75.4 Å². The number of amides is 1. The van der Waals surface area contributed by atoms with Crippen LogP contribution in [-0.2, 0) is 0 Å². The van der Waals surface area contributed by atoms with Crippen molar-refractivity contribution >= 4 is 5.91 Å². The Balaban J connectivity index is 1.86. The molecule has 2 rings (SSSR count). The fraction of sp³-hybridized carbons (Fsp3) is 0.692. The third-order valence-corrected chi connectivity index (χ3v) is 3.42. The zero-order valence-electron chi connectivity index (χ0n) is 10.9. The highest BCUT2D eigenvalue weighted by atomic mass is 16.4. The lowest BCUT2D eigenvalue weighted by atomic mass is 9.87. The summed E-state index contributed by atoms with van der Waals surface area (Å²) in [7, 11) is 0. The van der Waals surface area contributed by atoms with E-state index < -0.39 is 0 Å². The second-order valence-corrected chi connectivity index (χ2v) is 5.04. The average molecular weight is 252 g/mol. The van der Waals surface area contributed by atoms with Gasteiger partial charge in [0.1, 0.15) is 0 Å². The van der Waals surface area contributed by atoms with Crippen molar-refractivity contribution in [3.05, 3.63) is 17.3 Å². The first kappa shape index (κ1) is 13.1. The Morgan fingerprint density at radius 3 is 2.89 bits per heavy atom. The molecule has 1 amide bonds. The molecule has 2 N–H and O–H groups in total. The van der Waals surface area contributed by atoms with Crippen molar-refractivity contribution < 1.29 is 14.3 Å². The van der Waals surface area contributed by atoms with Crippen LogP contribution in [0.15, 0.2) is 4.42 Å². The van der Waals surface area contributed by atoms with Crippen LogP contribution in [0.5, 0.6) is 0 Å². The summed E-state index contributed by atoms with van der Waals surface area (Å²) in [5, 5.41) is 12.4. The number of aryl methyl sites for hydroxylation is 2. The third kappa shape index (κ3) is 3.10. The summed E-state index contributed by atoms with van der Waals surface area (Å²) in [5.74, 6) is 0.949. The van der Waals surface area contributed by atoms with Crippen molar-refractivity contribution in [1.29, 1.82) is 0 Å². The normalized spacial score (nSPS) is 23.9. The van der Waals surface area contributed by atoms with Gasteiger partial charge in [-0.15, -0.1) is 0 Å². The second-order valence-electron chi connectivity index (χ2n) is 5.04. The van der Waals surface area contributed by atoms with Crippen LogP contribution in [0.2, 0.25) is 0 Å². The summed E-state index contributed by atoms with van der Waals surface area (Å²) in [5.41, 5.74) is 0.619. The van der Waals surface area contributed by atoms with E-state index in [1.165, 1.54) is 0 Å². The summed E-state index contributed by atoms with van der Waals surface area (Å²) in [6, 6.07) is 0. The number of hydrogen-bond acceptors (Lipinski definition) is 4. The molecule has 0 saturated heterocycles. The highest BCUT2D eigenvalue weighted by Crippen LogP contribution is 2.23. The Bertz CT molecular complexity index is 428. The Morgan fingerprint density at radius 2 is 2.28 bits per heavy atom. The molecule has 1 fully saturated rings. The van der Waals surface area contributed by atoms with Crippen molar-refractivity contribution in [2.24, 2.45) is 5.92 Å². The smallest absolute Gasteiger partial charge is 0.289 e. The van der Waals surface area contributed by atoms with Gasteiger partial charge in [-0.2, -0.15) is 0 Å². The summed E-state index contributed by atoms with van der Waals surface area (Å²) < 4.78 is 5.26. The van der Waals surface area contributed by atoms with Crippen LogP contribution < -0.4 is 5.32 Å². The van der Waals surface area contributed by atoms with Crippen molar-refractivity contribution in [2.45, 2.75) is 45.6 Å². The van der Waals surface area contributed by atoms with Crippen LogP contribution in [0.4, 0.5) is 0 Å². The predicted molar refractivity (Wildman–Crippen MR) is 66.3 cm³/mol. The summed E-state index contributed by atoms with van der Waals surface area (Å²) in [6.07, 6.45) is 3.53. The molecule has 1 aromatic rings. The molecular weight excluding hydrogens is 232 g/mol. The van der Waals surface area contributed by atoms with Gasteiger partial charge in [-0.3, -0.25) is 4.79 Å². The van der Waals surface area contributed by atoms with Gasteiger partial charge in [0.05, 0.1) is 11.8 Å². The monoisotopic (exact) mass is 252 g/mol. The van der Waals surface area contributed by atoms with Crippen molar-refractivity contribution in [3.63, 3.8) is 0 Å². The van der Waals surface area contributed by atoms with Gasteiger partial charge in [0.15, 0.2) is 5.89 Å². The fourth-order valence-corrected chi connectivity index (χ4v) is 2.51. The van der Waals surface area contributed by atoms with Crippen LogP contribution >= 0.6 is 0 Å². The second kappa shape index (κ2) is 5.52. The molecule has 18 heavy (non-hydrogen) atoms. The van der Waals surface area contributed by atoms with E-state index in [0.717, 1.165) is 25.7 Å². The first-order valence-electron chi connectivity index (χ1n) is 6.46. The van der Waals surface area contributed by atoms with Crippen molar-refractivity contribution in [2.75, 3.05) is 6.54 Å². The minimum absolute atomic E-state index is 0.213. The van der Waals surface area contributed by atoms with Gasteiger partial charge in [0, 0.05) is 13.5 Å². The number of aliphatic hydroxyl groups is 1. The molecule has 2 atom stereocenters. The van der Waals surface area contributed by atoms with E-state index in [4.69, 9.17) is 4.42 Å². The van der Waals surface area contributed by atoms with E-state index in [2.05, 4.69) is 10.3 Å². The maximum atomic E-state index is 11.9. The van der Waals surface area contributed by atoms with Crippen molar-refractivity contribution in [3.8, 4) is 0 Å². The fourth-order valence-electron chi connectivity index (χ4n) is 2.51. The molecular formula is C13H20N2O3. The lowest BCUT2D eigenvalue weighted by molar-refractivity contribution is 0.0852. The number of hydrogen-bond donors (Lipinski definition) is 2. The highest BCUT2D eigenvalue weighted by Gasteiger charge is 2.22. The van der Waals surface area contributed by atoms with Crippen LogP contribution in [0.1, 0.15) is 47.8 Å². The van der Waals surface area contributed by atoms with Crippen LogP contribution in [0.25, 0.3) is 0 Å². The molecule has 0 radical (unpaired) electrons. The molecule has 5 nitrogen and oxygen atoms in total. The number of aliphatic hydroxyl groups excluding tert-OH is 1. The van der Waals surface area contributed by atoms with Gasteiger partial charge < -0.3 is 14.8 Å². The highest BCUT2D eigenvalue weighted by molar-refractivity contribution is 5.92. The quantitative estimate of drug-likeness (QED) is 0.856. The first-order valence-corrected chi connectivity index (χ1v) is 6.46. The summed E-state index contributed by atoms with van der Waals surface area (Å²) in [6.45, 7) is 4.08. The molecule has 1 aliphatic carbocycles. The lowest BCUT2D eigenvalue weighted by Crippen LogP contribution is -2.33. The van der Waals surface area contributed by atoms with Gasteiger partial charge in [0.2, 0.25) is 5.76 Å². The molecule has 1 saturated carbocycles. The molecule has 0 spiro atoms. The molecule has 0 aromatic carbocycles. The zero-order valence-corrected chi connectivity index (χ0v) is 10.9. The van der Waals surface area contributed by atoms with Gasteiger partial charge in [-0.1, -0.05) is 6.42 Å². The summed E-state index contributed by atoms with van der Waals surface area (Å²) >= 11 is 0. The Morgan fingerprint density at radius 1 is 1.50 bits per heavy atom. The maximum absolute atomic E-state index is 11.9. The van der Waals surface area contributed by atoms with E-state index in [1.807, 2.05) is 0 Å². The van der Waals surface area contributed by atoms with Gasteiger partial charge in [-0.05, 0) is 32.1 Å². The minimum atomic E-state index is -0.215. The molecule has 1 aliphatic rings. The van der Waals surface area contributed by atoms with Gasteiger partial charge in [-0.25, -0.2) is 4.98 Å².